The van der Waals surface area contributed by atoms with E-state index in [1.807, 2.05) is 0 Å². The molecule has 0 radical (unpaired) electrons. The van der Waals surface area contributed by atoms with Crippen LogP contribution in [0.25, 0.3) is 25.5 Å². The molecule has 0 fully saturated rings. The lowest BCUT2D eigenvalue weighted by Gasteiger charge is -1.90. The van der Waals surface area contributed by atoms with Gasteiger partial charge in [0.15, 0.2) is 11.3 Å². The highest BCUT2D eigenvalue weighted by molar-refractivity contribution is 7.30. The van der Waals surface area contributed by atoms with E-state index in [1.165, 1.54) is 22.7 Å². The third kappa shape index (κ3) is 2.37. The van der Waals surface area contributed by atoms with E-state index < -0.39 is 0 Å². The van der Waals surface area contributed by atoms with Gasteiger partial charge in [0.2, 0.25) is 10.8 Å². The van der Waals surface area contributed by atoms with Crippen LogP contribution < -0.4 is 0 Å². The molecule has 3 rings (SSSR count). The molecule has 24 heavy (non-hydrogen) atoms. The van der Waals surface area contributed by atoms with Crippen molar-refractivity contribution in [1.82, 2.24) is 14.5 Å². The number of aliphatic imine (C=N–C) groups is 2. The second kappa shape index (κ2) is 5.86. The molecule has 0 bridgehead atoms. The number of aromatic nitrogens is 3. The highest BCUT2D eigenvalue weighted by Gasteiger charge is 2.20. The van der Waals surface area contributed by atoms with Gasteiger partial charge in [0, 0.05) is 7.05 Å². The van der Waals surface area contributed by atoms with E-state index in [9.17, 15) is 0 Å². The molecule has 0 saturated heterocycles. The third-order valence-corrected chi connectivity index (χ3v) is 4.91. The average Bonchev–Trinajstić information content (AvgIpc) is 3.25. The van der Waals surface area contributed by atoms with Crippen LogP contribution in [0.1, 0.15) is 0 Å². The molecule has 0 unspecified atom stereocenters. The van der Waals surface area contributed by atoms with Crippen LogP contribution in [-0.4, -0.2) is 26.1 Å². The standard InChI is InChI=1S/C13H3N9S2/c1-17-7(5-16)19-13-21-11-9(24-13)8-10(22(11)2)20-12(23-8)18-6(3-14)4-15/h2H3. The molecule has 9 nitrogen and oxygen atoms in total. The van der Waals surface area contributed by atoms with Gasteiger partial charge < -0.3 is 9.41 Å². The summed E-state index contributed by atoms with van der Waals surface area (Å²) in [5.74, 6) is -0.285. The summed E-state index contributed by atoms with van der Waals surface area (Å²) >= 11 is 2.45. The van der Waals surface area contributed by atoms with Gasteiger partial charge in [-0.15, -0.1) is 0 Å². The number of nitriles is 3. The second-order valence-electron chi connectivity index (χ2n) is 4.20. The van der Waals surface area contributed by atoms with Gasteiger partial charge in [-0.25, -0.2) is 5.26 Å². The zero-order chi connectivity index (χ0) is 17.3. The summed E-state index contributed by atoms with van der Waals surface area (Å²) < 4.78 is 3.32. The van der Waals surface area contributed by atoms with E-state index in [2.05, 4.69) is 24.8 Å². The van der Waals surface area contributed by atoms with Crippen LogP contribution in [0, 0.1) is 40.6 Å². The van der Waals surface area contributed by atoms with Crippen molar-refractivity contribution in [1.29, 1.82) is 15.8 Å². The Morgan fingerprint density at radius 3 is 2.04 bits per heavy atom. The highest BCUT2D eigenvalue weighted by Crippen LogP contribution is 2.40. The van der Waals surface area contributed by atoms with E-state index in [0.717, 1.165) is 9.40 Å². The third-order valence-electron chi connectivity index (χ3n) is 2.86. The summed E-state index contributed by atoms with van der Waals surface area (Å²) in [5, 5.41) is 26.9. The molecule has 3 aromatic rings. The minimum Gasteiger partial charge on any atom is -0.351 e. The van der Waals surface area contributed by atoms with Crippen molar-refractivity contribution in [2.45, 2.75) is 0 Å². The Hall–Kier alpha value is -3.64. The van der Waals surface area contributed by atoms with E-state index in [4.69, 9.17) is 22.4 Å². The van der Waals surface area contributed by atoms with Crippen LogP contribution in [0.4, 0.5) is 10.3 Å². The first-order chi connectivity index (χ1) is 11.6. The fourth-order valence-electron chi connectivity index (χ4n) is 1.88. The predicted octanol–water partition coefficient (Wildman–Crippen LogP) is 2.84. The van der Waals surface area contributed by atoms with Crippen LogP contribution in [0.2, 0.25) is 0 Å². The minimum atomic E-state index is -0.285. The summed E-state index contributed by atoms with van der Waals surface area (Å²) in [4.78, 5) is 19.4. The molecule has 3 heterocycles. The number of amidine groups is 1. The van der Waals surface area contributed by atoms with Crippen molar-refractivity contribution in [2.24, 2.45) is 17.0 Å². The maximum Gasteiger partial charge on any atom is 0.352 e. The lowest BCUT2D eigenvalue weighted by Crippen LogP contribution is -1.89. The zero-order valence-electron chi connectivity index (χ0n) is 11.8. The Morgan fingerprint density at radius 1 is 1.04 bits per heavy atom. The quantitative estimate of drug-likeness (QED) is 0.399. The van der Waals surface area contributed by atoms with E-state index in [0.29, 0.717) is 21.6 Å². The average molecular weight is 349 g/mol. The smallest absolute Gasteiger partial charge is 0.351 e. The first-order valence-corrected chi connectivity index (χ1v) is 7.75. The maximum atomic E-state index is 8.77. The maximum absolute atomic E-state index is 8.77. The Morgan fingerprint density at radius 2 is 1.58 bits per heavy atom. The van der Waals surface area contributed by atoms with Gasteiger partial charge >= 0.3 is 11.0 Å². The molecule has 0 aliphatic rings. The van der Waals surface area contributed by atoms with Crippen molar-refractivity contribution in [2.75, 3.05) is 0 Å². The van der Waals surface area contributed by atoms with Gasteiger partial charge in [0.05, 0.1) is 9.40 Å². The van der Waals surface area contributed by atoms with E-state index in [-0.39, 0.29) is 11.5 Å². The van der Waals surface area contributed by atoms with Gasteiger partial charge in [0.25, 0.3) is 0 Å². The van der Waals surface area contributed by atoms with Crippen molar-refractivity contribution in [3.63, 3.8) is 0 Å². The molecular weight excluding hydrogens is 346 g/mol. The Balaban J connectivity index is 2.19. The van der Waals surface area contributed by atoms with Gasteiger partial charge in [-0.05, 0) is 0 Å². The van der Waals surface area contributed by atoms with Crippen molar-refractivity contribution in [3.05, 3.63) is 11.4 Å². The number of fused-ring (bicyclic) bond motifs is 3. The monoisotopic (exact) mass is 349 g/mol. The molecule has 0 atom stereocenters. The number of hydrogen-bond acceptors (Lipinski definition) is 9. The fourth-order valence-corrected chi connectivity index (χ4v) is 3.95. The number of nitrogens with zero attached hydrogens (tertiary/aromatic N) is 9. The van der Waals surface area contributed by atoms with E-state index in [1.54, 1.807) is 29.8 Å². The van der Waals surface area contributed by atoms with Gasteiger partial charge in [-0.2, -0.15) is 25.5 Å². The fraction of sp³-hybridized carbons (Fsp3) is 0.0769. The van der Waals surface area contributed by atoms with Crippen LogP contribution >= 0.6 is 22.7 Å². The topological polar surface area (TPSA) is 131 Å². The van der Waals surface area contributed by atoms with Crippen molar-refractivity contribution < 1.29 is 0 Å². The highest BCUT2D eigenvalue weighted by atomic mass is 32.1. The summed E-state index contributed by atoms with van der Waals surface area (Å²) in [6.45, 7) is 6.85. The lowest BCUT2D eigenvalue weighted by molar-refractivity contribution is 0.975. The van der Waals surface area contributed by atoms with Crippen LogP contribution in [-0.2, 0) is 7.05 Å². The molecule has 11 heteroatoms. The largest absolute Gasteiger partial charge is 0.352 e. The second-order valence-corrected chi connectivity index (χ2v) is 6.16. The number of hydrogen-bond donors (Lipinski definition) is 0. The van der Waals surface area contributed by atoms with E-state index >= 15 is 0 Å². The number of thiazole rings is 2. The first kappa shape index (κ1) is 15.3. The first-order valence-electron chi connectivity index (χ1n) is 6.12. The van der Waals surface area contributed by atoms with Gasteiger partial charge in [0.1, 0.15) is 18.2 Å². The molecule has 0 saturated carbocycles. The van der Waals surface area contributed by atoms with Crippen molar-refractivity contribution in [3.8, 4) is 18.2 Å². The predicted molar refractivity (Wildman–Crippen MR) is 89.4 cm³/mol. The van der Waals surface area contributed by atoms with Crippen LogP contribution in [0.15, 0.2) is 9.98 Å². The zero-order valence-corrected chi connectivity index (χ0v) is 13.5. The van der Waals surface area contributed by atoms with Crippen LogP contribution in [0.3, 0.4) is 0 Å². The Labute approximate surface area is 142 Å². The summed E-state index contributed by atoms with van der Waals surface area (Å²) in [7, 11) is 1.76. The molecule has 0 amide bonds. The Bertz CT molecular complexity index is 1080. The Kier molecular flexibility index (Phi) is 3.73. The molecule has 0 aliphatic heterocycles. The number of aryl methyl sites for hydroxylation is 1. The molecule has 0 aliphatic carbocycles. The number of rotatable bonds is 2. The lowest BCUT2D eigenvalue weighted by atomic mass is 10.5. The molecule has 3 aromatic heterocycles. The molecule has 112 valence electrons. The van der Waals surface area contributed by atoms with Crippen LogP contribution in [0.5, 0.6) is 0 Å². The van der Waals surface area contributed by atoms with Gasteiger partial charge in [-0.3, -0.25) is 0 Å². The normalized spacial score (nSPS) is 10.8. The minimum absolute atomic E-state index is 0.268. The van der Waals surface area contributed by atoms with Gasteiger partial charge in [-0.1, -0.05) is 34.2 Å². The summed E-state index contributed by atoms with van der Waals surface area (Å²) in [6, 6.07) is 5.07. The van der Waals surface area contributed by atoms with Crippen molar-refractivity contribution >= 4 is 65.2 Å². The molecular formula is C13H3N9S2. The summed E-state index contributed by atoms with van der Waals surface area (Å²) in [6.07, 6.45) is 0. The molecule has 0 spiro atoms. The molecule has 0 aromatic carbocycles. The SMILES string of the molecule is [C-]#[N+]C(C#N)=Nc1nc2c(s1)c1sc(N=C(C#N)C#N)nc1n2C. The molecule has 0 N–H and O–H groups in total. The summed E-state index contributed by atoms with van der Waals surface area (Å²) in [5.41, 5.74) is 0.991.